The van der Waals surface area contributed by atoms with Crippen molar-refractivity contribution in [1.29, 1.82) is 5.26 Å². The average Bonchev–Trinajstić information content (AvgIpc) is 3.08. The highest BCUT2D eigenvalue weighted by Crippen LogP contribution is 2.33. The molecule has 0 fully saturated rings. The van der Waals surface area contributed by atoms with E-state index in [0.717, 1.165) is 12.1 Å². The molecular weight excluding hydrogens is 388 g/mol. The van der Waals surface area contributed by atoms with E-state index in [1.807, 2.05) is 6.07 Å². The summed E-state index contributed by atoms with van der Waals surface area (Å²) in [6.07, 6.45) is -4.67. The van der Waals surface area contributed by atoms with Gasteiger partial charge in [0.1, 0.15) is 29.9 Å². The quantitative estimate of drug-likeness (QED) is 0.647. The van der Waals surface area contributed by atoms with Crippen LogP contribution < -0.4 is 4.74 Å². The number of hydrogen-bond donors (Lipinski definition) is 1. The number of aromatic amines is 1. The monoisotopic (exact) mass is 396 g/mol. The smallest absolute Gasteiger partial charge is 0.416 e. The van der Waals surface area contributed by atoms with Gasteiger partial charge in [0.15, 0.2) is 5.69 Å². The van der Waals surface area contributed by atoms with Gasteiger partial charge in [-0.25, -0.2) is 9.49 Å². The predicted octanol–water partition coefficient (Wildman–Crippen LogP) is 4.73. The van der Waals surface area contributed by atoms with E-state index < -0.39 is 17.6 Å². The lowest BCUT2D eigenvalue weighted by Crippen LogP contribution is -2.07. The molecule has 2 aromatic carbocycles. The molecule has 0 aliphatic rings. The fraction of sp³-hybridized carbons (Fsp3) is 0.118. The van der Waals surface area contributed by atoms with Gasteiger partial charge in [-0.3, -0.25) is 0 Å². The molecular formula is C17H9ClF4N4O. The van der Waals surface area contributed by atoms with Crippen molar-refractivity contribution < 1.29 is 22.3 Å². The summed E-state index contributed by atoms with van der Waals surface area (Å²) in [5.74, 6) is -0.886. The fourth-order valence-electron chi connectivity index (χ4n) is 2.33. The Hall–Kier alpha value is -3.12. The first-order valence-corrected chi connectivity index (χ1v) is 7.76. The Bertz CT molecular complexity index is 1030. The Balaban J connectivity index is 1.86. The van der Waals surface area contributed by atoms with Crippen molar-refractivity contribution in [3.63, 3.8) is 0 Å². The number of hydrogen-bond acceptors (Lipinski definition) is 4. The SMILES string of the molecule is N#Cc1[nH]nnc1-c1ccc(Cl)c(OCc2cc(F)cc(C(F)(F)F)c2)c1. The summed E-state index contributed by atoms with van der Waals surface area (Å²) in [5.41, 5.74) is -0.257. The normalized spacial score (nSPS) is 11.3. The first-order valence-electron chi connectivity index (χ1n) is 7.38. The Morgan fingerprint density at radius 1 is 1.19 bits per heavy atom. The van der Waals surface area contributed by atoms with Crippen molar-refractivity contribution in [2.24, 2.45) is 0 Å². The molecule has 1 N–H and O–H groups in total. The highest BCUT2D eigenvalue weighted by molar-refractivity contribution is 6.32. The molecule has 0 atom stereocenters. The molecule has 0 spiro atoms. The lowest BCUT2D eigenvalue weighted by atomic mass is 10.1. The number of nitriles is 1. The molecule has 3 aromatic rings. The van der Waals surface area contributed by atoms with E-state index >= 15 is 0 Å². The van der Waals surface area contributed by atoms with E-state index in [1.54, 1.807) is 6.07 Å². The van der Waals surface area contributed by atoms with E-state index in [1.165, 1.54) is 12.1 Å². The number of ether oxygens (including phenoxy) is 1. The van der Waals surface area contributed by atoms with Crippen LogP contribution in [0.1, 0.15) is 16.8 Å². The minimum Gasteiger partial charge on any atom is -0.487 e. The number of benzene rings is 2. The van der Waals surface area contributed by atoms with Gasteiger partial charge < -0.3 is 4.74 Å². The second-order valence-corrected chi connectivity index (χ2v) is 5.83. The van der Waals surface area contributed by atoms with Crippen molar-refractivity contribution in [1.82, 2.24) is 15.4 Å². The third kappa shape index (κ3) is 4.17. The molecule has 10 heteroatoms. The number of rotatable bonds is 4. The molecule has 0 radical (unpaired) electrons. The summed E-state index contributed by atoms with van der Waals surface area (Å²) in [6, 6.07) is 8.56. The summed E-state index contributed by atoms with van der Waals surface area (Å²) in [7, 11) is 0. The Labute approximate surface area is 155 Å². The number of nitrogens with zero attached hydrogens (tertiary/aromatic N) is 3. The molecule has 1 heterocycles. The van der Waals surface area contributed by atoms with Crippen LogP contribution in [0.4, 0.5) is 17.6 Å². The molecule has 1 aromatic heterocycles. The number of halogens is 5. The Morgan fingerprint density at radius 2 is 1.96 bits per heavy atom. The van der Waals surface area contributed by atoms with Crippen LogP contribution in [-0.2, 0) is 12.8 Å². The van der Waals surface area contributed by atoms with Crippen LogP contribution in [0.5, 0.6) is 5.75 Å². The maximum Gasteiger partial charge on any atom is 0.416 e. The third-order valence-corrected chi connectivity index (χ3v) is 3.86. The van der Waals surface area contributed by atoms with Crippen LogP contribution in [0.15, 0.2) is 36.4 Å². The molecule has 0 aliphatic carbocycles. The minimum atomic E-state index is -4.67. The molecule has 0 bridgehead atoms. The molecule has 0 saturated carbocycles. The standard InChI is InChI=1S/C17H9ClF4N4O/c18-13-2-1-10(16-14(7-23)24-26-25-16)5-15(13)27-8-9-3-11(17(20,21)22)6-12(19)4-9/h1-6H,8H2,(H,24,25,26). The maximum atomic E-state index is 13.5. The number of nitrogens with one attached hydrogen (secondary N) is 1. The van der Waals surface area contributed by atoms with E-state index in [0.29, 0.717) is 11.6 Å². The first-order chi connectivity index (χ1) is 12.8. The summed E-state index contributed by atoms with van der Waals surface area (Å²) < 4.78 is 57.3. The third-order valence-electron chi connectivity index (χ3n) is 3.54. The summed E-state index contributed by atoms with van der Waals surface area (Å²) in [6.45, 7) is -0.339. The van der Waals surface area contributed by atoms with E-state index in [9.17, 15) is 17.6 Å². The molecule has 0 amide bonds. The van der Waals surface area contributed by atoms with Crippen LogP contribution in [0.25, 0.3) is 11.3 Å². The number of H-pyrrole nitrogens is 1. The number of alkyl halides is 3. The topological polar surface area (TPSA) is 74.6 Å². The largest absolute Gasteiger partial charge is 0.487 e. The van der Waals surface area contributed by atoms with Gasteiger partial charge in [0.2, 0.25) is 0 Å². The van der Waals surface area contributed by atoms with Gasteiger partial charge in [-0.05, 0) is 35.9 Å². The molecule has 138 valence electrons. The average molecular weight is 397 g/mol. The first kappa shape index (κ1) is 18.7. The van der Waals surface area contributed by atoms with Crippen LogP contribution in [0, 0.1) is 17.1 Å². The molecule has 3 rings (SSSR count). The fourth-order valence-corrected chi connectivity index (χ4v) is 2.50. The maximum absolute atomic E-state index is 13.5. The van der Waals surface area contributed by atoms with Crippen molar-refractivity contribution in [2.75, 3.05) is 0 Å². The minimum absolute atomic E-state index is 0.0112. The highest BCUT2D eigenvalue weighted by Gasteiger charge is 2.31. The number of aromatic nitrogens is 3. The van der Waals surface area contributed by atoms with Gasteiger partial charge in [0.05, 0.1) is 10.6 Å². The molecule has 0 aliphatic heterocycles. The zero-order chi connectivity index (χ0) is 19.6. The lowest BCUT2D eigenvalue weighted by molar-refractivity contribution is -0.137. The van der Waals surface area contributed by atoms with Gasteiger partial charge in [-0.2, -0.15) is 18.4 Å². The van der Waals surface area contributed by atoms with E-state index in [-0.39, 0.29) is 34.3 Å². The van der Waals surface area contributed by atoms with Gasteiger partial charge in [-0.15, -0.1) is 5.10 Å². The van der Waals surface area contributed by atoms with Crippen molar-refractivity contribution in [2.45, 2.75) is 12.8 Å². The molecule has 5 nitrogen and oxygen atoms in total. The zero-order valence-electron chi connectivity index (χ0n) is 13.3. The second kappa shape index (κ2) is 7.25. The van der Waals surface area contributed by atoms with Crippen LogP contribution in [0.2, 0.25) is 5.02 Å². The van der Waals surface area contributed by atoms with Crippen LogP contribution in [-0.4, -0.2) is 15.4 Å². The Kier molecular flexibility index (Phi) is 5.01. The van der Waals surface area contributed by atoms with E-state index in [4.69, 9.17) is 21.6 Å². The predicted molar refractivity (Wildman–Crippen MR) is 87.3 cm³/mol. The van der Waals surface area contributed by atoms with Gasteiger partial charge in [0, 0.05) is 5.56 Å². The lowest BCUT2D eigenvalue weighted by Gasteiger charge is -2.12. The molecule has 0 unspecified atom stereocenters. The van der Waals surface area contributed by atoms with Crippen LogP contribution in [0.3, 0.4) is 0 Å². The van der Waals surface area contributed by atoms with Crippen molar-refractivity contribution >= 4 is 11.6 Å². The summed E-state index contributed by atoms with van der Waals surface area (Å²) in [4.78, 5) is 0. The second-order valence-electron chi connectivity index (χ2n) is 5.43. The van der Waals surface area contributed by atoms with E-state index in [2.05, 4.69) is 15.4 Å². The van der Waals surface area contributed by atoms with Crippen LogP contribution >= 0.6 is 11.6 Å². The highest BCUT2D eigenvalue weighted by atomic mass is 35.5. The summed E-state index contributed by atoms with van der Waals surface area (Å²) >= 11 is 6.04. The van der Waals surface area contributed by atoms with Crippen molar-refractivity contribution in [3.05, 3.63) is 64.1 Å². The van der Waals surface area contributed by atoms with Gasteiger partial charge in [-0.1, -0.05) is 22.9 Å². The summed E-state index contributed by atoms with van der Waals surface area (Å²) in [5, 5.41) is 19.0. The van der Waals surface area contributed by atoms with Gasteiger partial charge in [0.25, 0.3) is 0 Å². The zero-order valence-corrected chi connectivity index (χ0v) is 14.1. The molecule has 0 saturated heterocycles. The van der Waals surface area contributed by atoms with Gasteiger partial charge >= 0.3 is 6.18 Å². The molecule has 27 heavy (non-hydrogen) atoms. The van der Waals surface area contributed by atoms with Crippen molar-refractivity contribution in [3.8, 4) is 23.1 Å². The Morgan fingerprint density at radius 3 is 2.67 bits per heavy atom.